The van der Waals surface area contributed by atoms with Crippen LogP contribution in [0.5, 0.6) is 0 Å². The second-order valence-corrected chi connectivity index (χ2v) is 6.49. The molecule has 1 aliphatic rings. The summed E-state index contributed by atoms with van der Waals surface area (Å²) in [6.45, 7) is 2.09. The first-order valence-electron chi connectivity index (χ1n) is 7.95. The summed E-state index contributed by atoms with van der Waals surface area (Å²) in [4.78, 5) is 12.6. The lowest BCUT2D eigenvalue weighted by atomic mass is 9.98. The Morgan fingerprint density at radius 1 is 1.25 bits per heavy atom. The number of rotatable bonds is 3. The Morgan fingerprint density at radius 2 is 2.08 bits per heavy atom. The van der Waals surface area contributed by atoms with Crippen LogP contribution in [-0.2, 0) is 0 Å². The first-order chi connectivity index (χ1) is 11.7. The van der Waals surface area contributed by atoms with Crippen LogP contribution in [0.3, 0.4) is 0 Å². The van der Waals surface area contributed by atoms with Crippen molar-refractivity contribution in [3.63, 3.8) is 0 Å². The van der Waals surface area contributed by atoms with E-state index in [2.05, 4.69) is 33.0 Å². The Morgan fingerprint density at radius 3 is 2.83 bits per heavy atom. The molecule has 122 valence electrons. The van der Waals surface area contributed by atoms with Gasteiger partial charge in [-0.1, -0.05) is 23.7 Å². The zero-order valence-corrected chi connectivity index (χ0v) is 13.7. The Labute approximate surface area is 144 Å². The molecule has 3 aromatic rings. The second-order valence-electron chi connectivity index (χ2n) is 6.05. The summed E-state index contributed by atoms with van der Waals surface area (Å²) in [6, 6.07) is 11.5. The molecule has 1 aromatic heterocycles. The van der Waals surface area contributed by atoms with Crippen LogP contribution < -0.4 is 10.6 Å². The summed E-state index contributed by atoms with van der Waals surface area (Å²) < 4.78 is 0. The lowest BCUT2D eigenvalue weighted by Crippen LogP contribution is -2.12. The van der Waals surface area contributed by atoms with Crippen LogP contribution >= 0.6 is 11.6 Å². The molecular formula is C18H17ClN4O. The van der Waals surface area contributed by atoms with E-state index in [0.29, 0.717) is 16.5 Å². The number of amides is 1. The lowest BCUT2D eigenvalue weighted by Gasteiger charge is -2.11. The molecule has 1 aliphatic heterocycles. The molecule has 2 heterocycles. The fourth-order valence-electron chi connectivity index (χ4n) is 3.18. The van der Waals surface area contributed by atoms with Crippen molar-refractivity contribution in [1.82, 2.24) is 15.5 Å². The molecule has 1 saturated heterocycles. The standard InChI is InChI=1S/C18H17ClN4O/c19-13-7-15(16-10-21-23-17(16)8-13)18(24)22-14-3-1-11(2-4-14)12-5-6-20-9-12/h1-4,7-8,10,12,20H,5-6,9H2,(H,21,23)(H,22,24)/t12-/m0/s1. The van der Waals surface area contributed by atoms with E-state index in [0.717, 1.165) is 36.1 Å². The molecule has 0 unspecified atom stereocenters. The van der Waals surface area contributed by atoms with Crippen molar-refractivity contribution in [2.45, 2.75) is 12.3 Å². The summed E-state index contributed by atoms with van der Waals surface area (Å²) in [5, 5.41) is 14.4. The molecule has 0 aliphatic carbocycles. The van der Waals surface area contributed by atoms with Crippen molar-refractivity contribution in [2.24, 2.45) is 0 Å². The average Bonchev–Trinajstić information content (AvgIpc) is 3.26. The van der Waals surface area contributed by atoms with Gasteiger partial charge in [0.15, 0.2) is 0 Å². The number of halogens is 1. The van der Waals surface area contributed by atoms with Gasteiger partial charge in [0.25, 0.3) is 5.91 Å². The van der Waals surface area contributed by atoms with Gasteiger partial charge in [0.05, 0.1) is 17.3 Å². The number of hydrogen-bond acceptors (Lipinski definition) is 3. The summed E-state index contributed by atoms with van der Waals surface area (Å²) in [6.07, 6.45) is 2.80. The largest absolute Gasteiger partial charge is 0.322 e. The fourth-order valence-corrected chi connectivity index (χ4v) is 3.40. The minimum absolute atomic E-state index is 0.195. The maximum absolute atomic E-state index is 12.6. The highest BCUT2D eigenvalue weighted by Crippen LogP contribution is 2.25. The van der Waals surface area contributed by atoms with Gasteiger partial charge in [-0.05, 0) is 48.7 Å². The molecule has 1 amide bonds. The van der Waals surface area contributed by atoms with Gasteiger partial charge in [-0.2, -0.15) is 5.10 Å². The maximum atomic E-state index is 12.6. The van der Waals surface area contributed by atoms with Crippen LogP contribution in [0, 0.1) is 0 Å². The first kappa shape index (κ1) is 15.2. The topological polar surface area (TPSA) is 69.8 Å². The van der Waals surface area contributed by atoms with Crippen molar-refractivity contribution in [2.75, 3.05) is 18.4 Å². The second kappa shape index (κ2) is 6.26. The number of nitrogens with zero attached hydrogens (tertiary/aromatic N) is 1. The highest BCUT2D eigenvalue weighted by atomic mass is 35.5. The van der Waals surface area contributed by atoms with Gasteiger partial charge in [-0.3, -0.25) is 9.89 Å². The molecular weight excluding hydrogens is 324 g/mol. The van der Waals surface area contributed by atoms with Gasteiger partial charge in [-0.25, -0.2) is 0 Å². The average molecular weight is 341 g/mol. The summed E-state index contributed by atoms with van der Waals surface area (Å²) in [5.74, 6) is 0.368. The molecule has 2 aromatic carbocycles. The number of hydrogen-bond donors (Lipinski definition) is 3. The predicted molar refractivity (Wildman–Crippen MR) is 95.7 cm³/mol. The number of benzene rings is 2. The highest BCUT2D eigenvalue weighted by molar-refractivity contribution is 6.32. The van der Waals surface area contributed by atoms with Gasteiger partial charge in [0.1, 0.15) is 0 Å². The van der Waals surface area contributed by atoms with Gasteiger partial charge >= 0.3 is 0 Å². The Balaban J connectivity index is 1.56. The predicted octanol–water partition coefficient (Wildman–Crippen LogP) is 3.55. The first-order valence-corrected chi connectivity index (χ1v) is 8.33. The van der Waals surface area contributed by atoms with Crippen molar-refractivity contribution >= 4 is 34.1 Å². The number of carbonyl (C=O) groups excluding carboxylic acids is 1. The third kappa shape index (κ3) is 2.88. The van der Waals surface area contributed by atoms with E-state index in [1.54, 1.807) is 18.3 Å². The minimum atomic E-state index is -0.195. The van der Waals surface area contributed by atoms with Crippen LogP contribution in [0.2, 0.25) is 5.02 Å². The molecule has 6 heteroatoms. The lowest BCUT2D eigenvalue weighted by molar-refractivity contribution is 0.102. The quantitative estimate of drug-likeness (QED) is 0.683. The molecule has 0 bridgehead atoms. The smallest absolute Gasteiger partial charge is 0.256 e. The van der Waals surface area contributed by atoms with Gasteiger partial charge in [0, 0.05) is 22.6 Å². The third-order valence-corrected chi connectivity index (χ3v) is 4.69. The van der Waals surface area contributed by atoms with Gasteiger partial charge in [-0.15, -0.1) is 0 Å². The molecule has 1 atom stereocenters. The summed E-state index contributed by atoms with van der Waals surface area (Å²) >= 11 is 6.09. The van der Waals surface area contributed by atoms with E-state index in [-0.39, 0.29) is 5.91 Å². The van der Waals surface area contributed by atoms with Crippen molar-refractivity contribution < 1.29 is 4.79 Å². The maximum Gasteiger partial charge on any atom is 0.256 e. The zero-order chi connectivity index (χ0) is 16.5. The minimum Gasteiger partial charge on any atom is -0.322 e. The number of H-pyrrole nitrogens is 1. The van der Waals surface area contributed by atoms with Crippen LogP contribution in [0.15, 0.2) is 42.6 Å². The van der Waals surface area contributed by atoms with Crippen molar-refractivity contribution in [3.05, 3.63) is 58.7 Å². The fraction of sp³-hybridized carbons (Fsp3) is 0.222. The van der Waals surface area contributed by atoms with Crippen molar-refractivity contribution in [3.8, 4) is 0 Å². The van der Waals surface area contributed by atoms with Crippen LogP contribution in [0.25, 0.3) is 10.9 Å². The summed E-state index contributed by atoms with van der Waals surface area (Å²) in [5.41, 5.74) is 3.33. The van der Waals surface area contributed by atoms with E-state index >= 15 is 0 Å². The number of nitrogens with one attached hydrogen (secondary N) is 3. The van der Waals surface area contributed by atoms with Crippen LogP contribution in [0.1, 0.15) is 28.3 Å². The Bertz CT molecular complexity index is 882. The van der Waals surface area contributed by atoms with E-state index in [1.807, 2.05) is 12.1 Å². The SMILES string of the molecule is O=C(Nc1ccc([C@H]2CCNC2)cc1)c1cc(Cl)cc2[nH]ncc12. The molecule has 4 rings (SSSR count). The van der Waals surface area contributed by atoms with Crippen LogP contribution in [-0.4, -0.2) is 29.2 Å². The number of carbonyl (C=O) groups is 1. The highest BCUT2D eigenvalue weighted by Gasteiger charge is 2.17. The van der Waals surface area contributed by atoms with E-state index in [9.17, 15) is 4.79 Å². The number of fused-ring (bicyclic) bond motifs is 1. The van der Waals surface area contributed by atoms with E-state index in [4.69, 9.17) is 11.6 Å². The molecule has 3 N–H and O–H groups in total. The molecule has 24 heavy (non-hydrogen) atoms. The van der Waals surface area contributed by atoms with E-state index in [1.165, 1.54) is 5.56 Å². The van der Waals surface area contributed by atoms with Gasteiger partial charge in [0.2, 0.25) is 0 Å². The number of anilines is 1. The third-order valence-electron chi connectivity index (χ3n) is 4.47. The molecule has 5 nitrogen and oxygen atoms in total. The van der Waals surface area contributed by atoms with Gasteiger partial charge < -0.3 is 10.6 Å². The van der Waals surface area contributed by atoms with Crippen molar-refractivity contribution in [1.29, 1.82) is 0 Å². The monoisotopic (exact) mass is 340 g/mol. The Hall–Kier alpha value is -2.37. The molecule has 1 fully saturated rings. The van der Waals surface area contributed by atoms with Crippen LogP contribution in [0.4, 0.5) is 5.69 Å². The molecule has 0 spiro atoms. The summed E-state index contributed by atoms with van der Waals surface area (Å²) in [7, 11) is 0. The molecule has 0 radical (unpaired) electrons. The zero-order valence-electron chi connectivity index (χ0n) is 13.0. The normalized spacial score (nSPS) is 17.3. The number of aromatic amines is 1. The van der Waals surface area contributed by atoms with E-state index < -0.39 is 0 Å². The molecule has 0 saturated carbocycles. The number of aromatic nitrogens is 2. The Kier molecular flexibility index (Phi) is 3.96.